The summed E-state index contributed by atoms with van der Waals surface area (Å²) < 4.78 is 29.8. The molecule has 2 fully saturated rings. The SMILES string of the molecule is CCn1nc(C)c(S(=O)(=O)N2CCN(c3ccc(N4CCC(C)CC4)nn3)CC2)c1C. The molecule has 4 heterocycles. The third-order valence-corrected chi connectivity index (χ3v) is 8.67. The fourth-order valence-electron chi connectivity index (χ4n) is 4.54. The molecule has 170 valence electrons. The first-order valence-corrected chi connectivity index (χ1v) is 12.6. The first-order chi connectivity index (χ1) is 14.8. The lowest BCUT2D eigenvalue weighted by atomic mass is 9.99. The lowest BCUT2D eigenvalue weighted by molar-refractivity contribution is 0.383. The van der Waals surface area contributed by atoms with Crippen LogP contribution in [0.15, 0.2) is 17.0 Å². The number of piperidine rings is 1. The lowest BCUT2D eigenvalue weighted by Gasteiger charge is -2.35. The highest BCUT2D eigenvalue weighted by atomic mass is 32.2. The fraction of sp³-hybridized carbons (Fsp3) is 0.667. The number of rotatable bonds is 5. The normalized spacial score (nSPS) is 19.2. The third kappa shape index (κ3) is 4.27. The Morgan fingerprint density at radius 1 is 0.935 bits per heavy atom. The number of aromatic nitrogens is 4. The van der Waals surface area contributed by atoms with E-state index < -0.39 is 10.0 Å². The Hall–Kier alpha value is -2.20. The number of anilines is 2. The largest absolute Gasteiger partial charge is 0.355 e. The van der Waals surface area contributed by atoms with Crippen molar-refractivity contribution in [1.82, 2.24) is 24.3 Å². The number of aryl methyl sites for hydroxylation is 2. The molecule has 0 radical (unpaired) electrons. The molecule has 10 heteroatoms. The molecule has 2 aliphatic heterocycles. The summed E-state index contributed by atoms with van der Waals surface area (Å²) in [5, 5.41) is 13.3. The first kappa shape index (κ1) is 22.0. The van der Waals surface area contributed by atoms with E-state index in [2.05, 4.69) is 32.0 Å². The van der Waals surface area contributed by atoms with Gasteiger partial charge in [0.2, 0.25) is 10.0 Å². The van der Waals surface area contributed by atoms with Gasteiger partial charge >= 0.3 is 0 Å². The molecule has 2 aromatic heterocycles. The van der Waals surface area contributed by atoms with Crippen LogP contribution in [0, 0.1) is 19.8 Å². The Labute approximate surface area is 185 Å². The topological polar surface area (TPSA) is 87.5 Å². The molecule has 0 aliphatic carbocycles. The van der Waals surface area contributed by atoms with Crippen molar-refractivity contribution in [3.05, 3.63) is 23.5 Å². The van der Waals surface area contributed by atoms with Crippen LogP contribution in [-0.4, -0.2) is 72.0 Å². The average molecular weight is 448 g/mol. The van der Waals surface area contributed by atoms with Crippen molar-refractivity contribution >= 4 is 21.7 Å². The molecule has 9 nitrogen and oxygen atoms in total. The zero-order valence-corrected chi connectivity index (χ0v) is 19.8. The van der Waals surface area contributed by atoms with Gasteiger partial charge in [0, 0.05) is 45.8 Å². The van der Waals surface area contributed by atoms with Crippen molar-refractivity contribution in [3.8, 4) is 0 Å². The predicted molar refractivity (Wildman–Crippen MR) is 121 cm³/mol. The van der Waals surface area contributed by atoms with Gasteiger partial charge in [0.25, 0.3) is 0 Å². The molecular formula is C21H33N7O2S. The van der Waals surface area contributed by atoms with E-state index >= 15 is 0 Å². The first-order valence-electron chi connectivity index (χ1n) is 11.2. The number of nitrogens with zero attached hydrogens (tertiary/aromatic N) is 7. The second-order valence-electron chi connectivity index (χ2n) is 8.63. The van der Waals surface area contributed by atoms with Gasteiger partial charge in [-0.05, 0) is 51.7 Å². The van der Waals surface area contributed by atoms with Crippen LogP contribution in [0.5, 0.6) is 0 Å². The van der Waals surface area contributed by atoms with E-state index in [1.807, 2.05) is 26.0 Å². The van der Waals surface area contributed by atoms with Crippen molar-refractivity contribution in [3.63, 3.8) is 0 Å². The molecule has 0 unspecified atom stereocenters. The lowest BCUT2D eigenvalue weighted by Crippen LogP contribution is -2.49. The maximum atomic E-state index is 13.3. The van der Waals surface area contributed by atoms with Crippen molar-refractivity contribution < 1.29 is 8.42 Å². The van der Waals surface area contributed by atoms with Gasteiger partial charge in [0.1, 0.15) is 4.90 Å². The van der Waals surface area contributed by atoms with Gasteiger partial charge in [-0.3, -0.25) is 4.68 Å². The zero-order chi connectivity index (χ0) is 22.2. The van der Waals surface area contributed by atoms with Gasteiger partial charge in [-0.15, -0.1) is 10.2 Å². The van der Waals surface area contributed by atoms with Crippen LogP contribution in [0.1, 0.15) is 38.1 Å². The fourth-order valence-corrected chi connectivity index (χ4v) is 6.34. The van der Waals surface area contributed by atoms with Crippen molar-refractivity contribution in [2.24, 2.45) is 5.92 Å². The molecule has 0 aromatic carbocycles. The van der Waals surface area contributed by atoms with Crippen LogP contribution in [0.25, 0.3) is 0 Å². The molecule has 0 saturated carbocycles. The Bertz CT molecular complexity index is 1000. The van der Waals surface area contributed by atoms with Gasteiger partial charge in [0.05, 0.1) is 11.4 Å². The van der Waals surface area contributed by atoms with Crippen LogP contribution in [-0.2, 0) is 16.6 Å². The molecule has 0 bridgehead atoms. The summed E-state index contributed by atoms with van der Waals surface area (Å²) >= 11 is 0. The highest BCUT2D eigenvalue weighted by molar-refractivity contribution is 7.89. The molecule has 4 rings (SSSR count). The summed E-state index contributed by atoms with van der Waals surface area (Å²) in [6, 6.07) is 4.04. The van der Waals surface area contributed by atoms with E-state index in [1.165, 1.54) is 12.8 Å². The Kier molecular flexibility index (Phi) is 6.20. The summed E-state index contributed by atoms with van der Waals surface area (Å²) in [7, 11) is -3.56. The Morgan fingerprint density at radius 2 is 1.48 bits per heavy atom. The second-order valence-corrected chi connectivity index (χ2v) is 10.5. The van der Waals surface area contributed by atoms with Crippen LogP contribution in [0.4, 0.5) is 11.6 Å². The van der Waals surface area contributed by atoms with Gasteiger partial charge < -0.3 is 9.80 Å². The van der Waals surface area contributed by atoms with Gasteiger partial charge in [-0.1, -0.05) is 6.92 Å². The summed E-state index contributed by atoms with van der Waals surface area (Å²) in [5.74, 6) is 2.51. The molecule has 31 heavy (non-hydrogen) atoms. The minimum Gasteiger partial charge on any atom is -0.355 e. The molecule has 0 N–H and O–H groups in total. The van der Waals surface area contributed by atoms with Crippen molar-refractivity contribution in [1.29, 1.82) is 0 Å². The minimum absolute atomic E-state index is 0.350. The Morgan fingerprint density at radius 3 is 1.97 bits per heavy atom. The van der Waals surface area contributed by atoms with Crippen LogP contribution in [0.3, 0.4) is 0 Å². The van der Waals surface area contributed by atoms with Gasteiger partial charge in [-0.2, -0.15) is 9.40 Å². The predicted octanol–water partition coefficient (Wildman–Crippen LogP) is 2.06. The van der Waals surface area contributed by atoms with Crippen LogP contribution in [0.2, 0.25) is 0 Å². The van der Waals surface area contributed by atoms with Crippen LogP contribution >= 0.6 is 0 Å². The van der Waals surface area contributed by atoms with E-state index in [0.29, 0.717) is 49.0 Å². The van der Waals surface area contributed by atoms with Crippen LogP contribution < -0.4 is 9.80 Å². The number of hydrogen-bond acceptors (Lipinski definition) is 7. The summed E-state index contributed by atoms with van der Waals surface area (Å²) in [6.45, 7) is 12.6. The molecule has 2 aliphatic rings. The quantitative estimate of drug-likeness (QED) is 0.693. The second kappa shape index (κ2) is 8.74. The zero-order valence-electron chi connectivity index (χ0n) is 19.0. The minimum atomic E-state index is -3.56. The standard InChI is InChI=1S/C21H33N7O2S/c1-5-28-18(4)21(17(3)24-28)31(29,30)27-14-12-26(13-15-27)20-7-6-19(22-23-20)25-10-8-16(2)9-11-25/h6-7,16H,5,8-15H2,1-4H3. The summed E-state index contributed by atoms with van der Waals surface area (Å²) in [4.78, 5) is 4.75. The highest BCUT2D eigenvalue weighted by Gasteiger charge is 2.33. The highest BCUT2D eigenvalue weighted by Crippen LogP contribution is 2.26. The number of piperazine rings is 1. The number of hydrogen-bond donors (Lipinski definition) is 0. The maximum Gasteiger partial charge on any atom is 0.246 e. The molecule has 2 saturated heterocycles. The summed E-state index contributed by atoms with van der Waals surface area (Å²) in [6.07, 6.45) is 2.38. The van der Waals surface area contributed by atoms with E-state index in [1.54, 1.807) is 15.9 Å². The van der Waals surface area contributed by atoms with Crippen molar-refractivity contribution in [2.45, 2.75) is 52.0 Å². The molecule has 0 atom stereocenters. The average Bonchev–Trinajstić information content (AvgIpc) is 3.08. The van der Waals surface area contributed by atoms with E-state index in [0.717, 1.165) is 30.6 Å². The summed E-state index contributed by atoms with van der Waals surface area (Å²) in [5.41, 5.74) is 1.27. The molecule has 2 aromatic rings. The van der Waals surface area contributed by atoms with Gasteiger partial charge in [-0.25, -0.2) is 8.42 Å². The van der Waals surface area contributed by atoms with Gasteiger partial charge in [0.15, 0.2) is 11.6 Å². The van der Waals surface area contributed by atoms with Crippen molar-refractivity contribution in [2.75, 3.05) is 49.1 Å². The Balaban J connectivity index is 1.41. The monoisotopic (exact) mass is 447 g/mol. The third-order valence-electron chi connectivity index (χ3n) is 6.52. The molecule has 0 spiro atoms. The molecule has 0 amide bonds. The smallest absolute Gasteiger partial charge is 0.246 e. The van der Waals surface area contributed by atoms with E-state index in [-0.39, 0.29) is 0 Å². The van der Waals surface area contributed by atoms with E-state index in [4.69, 9.17) is 0 Å². The maximum absolute atomic E-state index is 13.3. The number of sulfonamides is 1. The molecular weight excluding hydrogens is 414 g/mol. The van der Waals surface area contributed by atoms with E-state index in [9.17, 15) is 8.42 Å².